The van der Waals surface area contributed by atoms with E-state index in [-0.39, 0.29) is 18.3 Å². The Labute approximate surface area is 86.3 Å². The summed E-state index contributed by atoms with van der Waals surface area (Å²) >= 11 is 0. The zero-order chi connectivity index (χ0) is 8.97. The van der Waals surface area contributed by atoms with Gasteiger partial charge in [0.15, 0.2) is 0 Å². The van der Waals surface area contributed by atoms with E-state index in [0.717, 1.165) is 32.5 Å². The van der Waals surface area contributed by atoms with E-state index in [0.29, 0.717) is 5.91 Å². The Bertz CT molecular complexity index is 158. The molecule has 0 saturated carbocycles. The standard InChI is InChI=1S/C9H18N2O.ClH/c1-3-11(2)9(12)8-5-4-6-10-7-8;/h8,10H,3-7H2,1-2H3;1H. The van der Waals surface area contributed by atoms with Crippen LogP contribution in [0.3, 0.4) is 0 Å². The third kappa shape index (κ3) is 3.53. The number of nitrogens with zero attached hydrogens (tertiary/aromatic N) is 1. The van der Waals surface area contributed by atoms with Crippen LogP contribution in [0.5, 0.6) is 0 Å². The molecule has 0 bridgehead atoms. The van der Waals surface area contributed by atoms with Crippen LogP contribution in [0.1, 0.15) is 19.8 Å². The summed E-state index contributed by atoms with van der Waals surface area (Å²) in [5.41, 5.74) is 0. The summed E-state index contributed by atoms with van der Waals surface area (Å²) in [5.74, 6) is 0.522. The minimum absolute atomic E-state index is 0. The van der Waals surface area contributed by atoms with Crippen LogP contribution >= 0.6 is 12.4 Å². The van der Waals surface area contributed by atoms with E-state index in [1.54, 1.807) is 4.90 Å². The van der Waals surface area contributed by atoms with Gasteiger partial charge in [-0.05, 0) is 26.3 Å². The molecular weight excluding hydrogens is 188 g/mol. The minimum Gasteiger partial charge on any atom is -0.346 e. The van der Waals surface area contributed by atoms with Crippen LogP contribution < -0.4 is 5.32 Å². The molecule has 1 rings (SSSR count). The molecule has 3 nitrogen and oxygen atoms in total. The maximum Gasteiger partial charge on any atom is 0.226 e. The normalized spacial score (nSPS) is 21.8. The molecule has 0 aliphatic carbocycles. The molecular formula is C9H19ClN2O. The van der Waals surface area contributed by atoms with Crippen molar-refractivity contribution in [3.63, 3.8) is 0 Å². The molecule has 1 atom stereocenters. The lowest BCUT2D eigenvalue weighted by Crippen LogP contribution is -2.41. The Kier molecular flexibility index (Phi) is 6.08. The van der Waals surface area contributed by atoms with Crippen molar-refractivity contribution in [1.82, 2.24) is 10.2 Å². The summed E-state index contributed by atoms with van der Waals surface area (Å²) in [6, 6.07) is 0. The first-order chi connectivity index (χ1) is 5.75. The van der Waals surface area contributed by atoms with Crippen LogP contribution in [0.15, 0.2) is 0 Å². The Balaban J connectivity index is 0.00000144. The number of rotatable bonds is 2. The molecule has 78 valence electrons. The fourth-order valence-corrected chi connectivity index (χ4v) is 1.53. The molecule has 1 amide bonds. The lowest BCUT2D eigenvalue weighted by Gasteiger charge is -2.26. The number of piperidine rings is 1. The Morgan fingerprint density at radius 3 is 2.77 bits per heavy atom. The predicted octanol–water partition coefficient (Wildman–Crippen LogP) is 0.886. The molecule has 4 heteroatoms. The van der Waals surface area contributed by atoms with Gasteiger partial charge in [-0.2, -0.15) is 0 Å². The molecule has 1 unspecified atom stereocenters. The molecule has 0 spiro atoms. The van der Waals surface area contributed by atoms with Crippen LogP contribution in [0.2, 0.25) is 0 Å². The van der Waals surface area contributed by atoms with E-state index < -0.39 is 0 Å². The van der Waals surface area contributed by atoms with Gasteiger partial charge in [0.1, 0.15) is 0 Å². The summed E-state index contributed by atoms with van der Waals surface area (Å²) in [4.78, 5) is 13.4. The van der Waals surface area contributed by atoms with Crippen molar-refractivity contribution < 1.29 is 4.79 Å². The Morgan fingerprint density at radius 1 is 1.62 bits per heavy atom. The van der Waals surface area contributed by atoms with E-state index in [2.05, 4.69) is 5.32 Å². The number of hydrogen-bond donors (Lipinski definition) is 1. The van der Waals surface area contributed by atoms with Gasteiger partial charge < -0.3 is 10.2 Å². The van der Waals surface area contributed by atoms with Crippen molar-refractivity contribution in [2.75, 3.05) is 26.7 Å². The average molecular weight is 207 g/mol. The maximum absolute atomic E-state index is 11.6. The molecule has 0 aromatic carbocycles. The Morgan fingerprint density at radius 2 is 2.31 bits per heavy atom. The van der Waals surface area contributed by atoms with Crippen molar-refractivity contribution in [2.24, 2.45) is 5.92 Å². The Hall–Kier alpha value is -0.280. The van der Waals surface area contributed by atoms with E-state index in [9.17, 15) is 4.79 Å². The second-order valence-electron chi connectivity index (χ2n) is 3.40. The van der Waals surface area contributed by atoms with Gasteiger partial charge in [0.25, 0.3) is 0 Å². The van der Waals surface area contributed by atoms with Gasteiger partial charge in [-0.15, -0.1) is 12.4 Å². The molecule has 1 saturated heterocycles. The van der Waals surface area contributed by atoms with Gasteiger partial charge in [-0.25, -0.2) is 0 Å². The molecule has 0 aromatic rings. The topological polar surface area (TPSA) is 32.3 Å². The van der Waals surface area contributed by atoms with Gasteiger partial charge in [0, 0.05) is 20.1 Å². The molecule has 1 fully saturated rings. The lowest BCUT2D eigenvalue weighted by atomic mass is 9.98. The zero-order valence-corrected chi connectivity index (χ0v) is 9.19. The highest BCUT2D eigenvalue weighted by Crippen LogP contribution is 2.12. The van der Waals surface area contributed by atoms with Crippen molar-refractivity contribution >= 4 is 18.3 Å². The average Bonchev–Trinajstić information content (AvgIpc) is 2.17. The SMILES string of the molecule is CCN(C)C(=O)C1CCCNC1.Cl. The fraction of sp³-hybridized carbons (Fsp3) is 0.889. The van der Waals surface area contributed by atoms with Crippen molar-refractivity contribution in [3.05, 3.63) is 0 Å². The first-order valence-corrected chi connectivity index (χ1v) is 4.71. The van der Waals surface area contributed by atoms with Crippen LogP contribution in [0.25, 0.3) is 0 Å². The molecule has 1 aliphatic heterocycles. The van der Waals surface area contributed by atoms with Crippen LogP contribution in [-0.4, -0.2) is 37.5 Å². The molecule has 1 aliphatic rings. The third-order valence-electron chi connectivity index (χ3n) is 2.50. The van der Waals surface area contributed by atoms with Crippen LogP contribution in [0.4, 0.5) is 0 Å². The number of carbonyl (C=O) groups is 1. The largest absolute Gasteiger partial charge is 0.346 e. The predicted molar refractivity (Wildman–Crippen MR) is 56.2 cm³/mol. The number of halogens is 1. The molecule has 13 heavy (non-hydrogen) atoms. The van der Waals surface area contributed by atoms with E-state index in [4.69, 9.17) is 0 Å². The third-order valence-corrected chi connectivity index (χ3v) is 2.50. The zero-order valence-electron chi connectivity index (χ0n) is 8.38. The first-order valence-electron chi connectivity index (χ1n) is 4.71. The van der Waals surface area contributed by atoms with Crippen molar-refractivity contribution in [1.29, 1.82) is 0 Å². The van der Waals surface area contributed by atoms with Gasteiger partial charge >= 0.3 is 0 Å². The first kappa shape index (κ1) is 12.7. The summed E-state index contributed by atoms with van der Waals surface area (Å²) in [6.07, 6.45) is 2.18. The number of carbonyl (C=O) groups excluding carboxylic acids is 1. The van der Waals surface area contributed by atoms with E-state index in [1.807, 2.05) is 14.0 Å². The molecule has 0 aromatic heterocycles. The second kappa shape index (κ2) is 6.22. The summed E-state index contributed by atoms with van der Waals surface area (Å²) in [5, 5.41) is 3.25. The monoisotopic (exact) mass is 206 g/mol. The number of nitrogens with one attached hydrogen (secondary N) is 1. The highest BCUT2D eigenvalue weighted by Gasteiger charge is 2.22. The van der Waals surface area contributed by atoms with Gasteiger partial charge in [-0.1, -0.05) is 0 Å². The van der Waals surface area contributed by atoms with Crippen LogP contribution in [0, 0.1) is 5.92 Å². The summed E-state index contributed by atoms with van der Waals surface area (Å²) in [7, 11) is 1.87. The van der Waals surface area contributed by atoms with Crippen molar-refractivity contribution in [3.8, 4) is 0 Å². The lowest BCUT2D eigenvalue weighted by molar-refractivity contribution is -0.134. The number of hydrogen-bond acceptors (Lipinski definition) is 2. The van der Waals surface area contributed by atoms with E-state index >= 15 is 0 Å². The molecule has 1 N–H and O–H groups in total. The van der Waals surface area contributed by atoms with Crippen molar-refractivity contribution in [2.45, 2.75) is 19.8 Å². The van der Waals surface area contributed by atoms with E-state index in [1.165, 1.54) is 0 Å². The minimum atomic E-state index is 0. The van der Waals surface area contributed by atoms with Gasteiger partial charge in [0.05, 0.1) is 5.92 Å². The highest BCUT2D eigenvalue weighted by atomic mass is 35.5. The van der Waals surface area contributed by atoms with Gasteiger partial charge in [0.2, 0.25) is 5.91 Å². The molecule has 1 heterocycles. The van der Waals surface area contributed by atoms with Gasteiger partial charge in [-0.3, -0.25) is 4.79 Å². The summed E-state index contributed by atoms with van der Waals surface area (Å²) < 4.78 is 0. The molecule has 0 radical (unpaired) electrons. The second-order valence-corrected chi connectivity index (χ2v) is 3.40. The number of amides is 1. The summed E-state index contributed by atoms with van der Waals surface area (Å²) in [6.45, 7) is 4.76. The fourth-order valence-electron chi connectivity index (χ4n) is 1.53. The maximum atomic E-state index is 11.6. The smallest absolute Gasteiger partial charge is 0.226 e. The van der Waals surface area contributed by atoms with Crippen LogP contribution in [-0.2, 0) is 4.79 Å². The highest BCUT2D eigenvalue weighted by molar-refractivity contribution is 5.85. The quantitative estimate of drug-likeness (QED) is 0.728.